The summed E-state index contributed by atoms with van der Waals surface area (Å²) in [7, 11) is -3.99. The van der Waals surface area contributed by atoms with Gasteiger partial charge in [0.2, 0.25) is 0 Å². The molecule has 31 heavy (non-hydrogen) atoms. The molecule has 6 nitrogen and oxygen atoms in total. The molecule has 0 aliphatic rings. The van der Waals surface area contributed by atoms with E-state index in [1.54, 1.807) is 37.3 Å². The molecule has 0 heterocycles. The third kappa shape index (κ3) is 7.35. The number of carbonyl (C=O) groups is 1. The minimum atomic E-state index is -3.99. The van der Waals surface area contributed by atoms with Crippen molar-refractivity contribution in [2.45, 2.75) is 19.6 Å². The Morgan fingerprint density at radius 3 is 2.32 bits per heavy atom. The van der Waals surface area contributed by atoms with Gasteiger partial charge in [-0.25, -0.2) is 4.57 Å². The van der Waals surface area contributed by atoms with Gasteiger partial charge in [0.25, 0.3) is 0 Å². The van der Waals surface area contributed by atoms with Gasteiger partial charge in [0.1, 0.15) is 24.1 Å². The van der Waals surface area contributed by atoms with E-state index in [1.807, 2.05) is 48.5 Å². The first-order valence-electron chi connectivity index (χ1n) is 9.32. The quantitative estimate of drug-likeness (QED) is 0.172. The van der Waals surface area contributed by atoms with Gasteiger partial charge < -0.3 is 13.8 Å². The Morgan fingerprint density at radius 1 is 1.03 bits per heavy atom. The molecule has 162 valence electrons. The molecule has 2 atom stereocenters. The maximum Gasteiger partial charge on any atom is 0.513 e. The lowest BCUT2D eigenvalue weighted by Crippen LogP contribution is -2.35. The zero-order valence-electron chi connectivity index (χ0n) is 16.5. The second-order valence-corrected chi connectivity index (χ2v) is 10.2. The van der Waals surface area contributed by atoms with E-state index in [-0.39, 0.29) is 6.61 Å². The SMILES string of the molecule is C[C@H](NP(=O)(Oc1ccccc1)Oc1ccc(I)cc1Br)C(=O)OCc1ccccc1. The summed E-state index contributed by atoms with van der Waals surface area (Å²) in [5.74, 6) is 0.0767. The second kappa shape index (κ2) is 11.1. The first-order chi connectivity index (χ1) is 14.8. The Hall–Kier alpha value is -1.87. The summed E-state index contributed by atoms with van der Waals surface area (Å²) in [4.78, 5) is 12.5. The Labute approximate surface area is 203 Å². The Bertz CT molecular complexity index is 1070. The van der Waals surface area contributed by atoms with E-state index in [2.05, 4.69) is 43.6 Å². The summed E-state index contributed by atoms with van der Waals surface area (Å²) >= 11 is 5.56. The number of ether oxygens (including phenoxy) is 1. The molecule has 1 N–H and O–H groups in total. The number of halogens is 2. The van der Waals surface area contributed by atoms with E-state index >= 15 is 0 Å². The van der Waals surface area contributed by atoms with Crippen molar-refractivity contribution in [3.05, 3.63) is 92.5 Å². The monoisotopic (exact) mass is 615 g/mol. The van der Waals surface area contributed by atoms with Crippen molar-refractivity contribution in [1.82, 2.24) is 5.09 Å². The predicted molar refractivity (Wildman–Crippen MR) is 131 cm³/mol. The smallest absolute Gasteiger partial charge is 0.460 e. The van der Waals surface area contributed by atoms with Crippen LogP contribution in [0.4, 0.5) is 0 Å². The third-order valence-electron chi connectivity index (χ3n) is 4.01. The maximum atomic E-state index is 13.6. The number of benzene rings is 3. The fourth-order valence-corrected chi connectivity index (χ4v) is 5.56. The number of nitrogens with one attached hydrogen (secondary N) is 1. The molecule has 0 aliphatic heterocycles. The zero-order chi connectivity index (χ0) is 22.3. The van der Waals surface area contributed by atoms with Crippen LogP contribution in [0.5, 0.6) is 11.5 Å². The molecular weight excluding hydrogens is 596 g/mol. The normalized spacial score (nSPS) is 13.6. The van der Waals surface area contributed by atoms with Crippen LogP contribution >= 0.6 is 46.3 Å². The van der Waals surface area contributed by atoms with Crippen molar-refractivity contribution < 1.29 is 23.1 Å². The van der Waals surface area contributed by atoms with Gasteiger partial charge in [-0.05, 0) is 81.3 Å². The Morgan fingerprint density at radius 2 is 1.68 bits per heavy atom. The van der Waals surface area contributed by atoms with Crippen LogP contribution in [-0.4, -0.2) is 12.0 Å². The van der Waals surface area contributed by atoms with Gasteiger partial charge in [-0.15, -0.1) is 0 Å². The minimum Gasteiger partial charge on any atom is -0.460 e. The van der Waals surface area contributed by atoms with Crippen molar-refractivity contribution in [3.8, 4) is 11.5 Å². The molecule has 0 spiro atoms. The molecule has 0 amide bonds. The predicted octanol–water partition coefficient (Wildman–Crippen LogP) is 6.34. The van der Waals surface area contributed by atoms with Crippen molar-refractivity contribution in [3.63, 3.8) is 0 Å². The number of hydrogen-bond acceptors (Lipinski definition) is 5. The third-order valence-corrected chi connectivity index (χ3v) is 6.89. The number of esters is 1. The van der Waals surface area contributed by atoms with Gasteiger partial charge in [-0.1, -0.05) is 48.5 Å². The van der Waals surface area contributed by atoms with Gasteiger partial charge in [0, 0.05) is 3.57 Å². The Kier molecular flexibility index (Phi) is 8.54. The highest BCUT2D eigenvalue weighted by molar-refractivity contribution is 14.1. The van der Waals surface area contributed by atoms with E-state index in [0.29, 0.717) is 16.0 Å². The average molecular weight is 616 g/mol. The van der Waals surface area contributed by atoms with E-state index < -0.39 is 19.8 Å². The van der Waals surface area contributed by atoms with E-state index in [4.69, 9.17) is 13.8 Å². The van der Waals surface area contributed by atoms with Crippen LogP contribution in [0.1, 0.15) is 12.5 Å². The van der Waals surface area contributed by atoms with Gasteiger partial charge in [-0.3, -0.25) is 4.79 Å². The molecule has 1 unspecified atom stereocenters. The molecule has 0 aromatic heterocycles. The van der Waals surface area contributed by atoms with Crippen LogP contribution in [0.2, 0.25) is 0 Å². The van der Waals surface area contributed by atoms with E-state index in [9.17, 15) is 9.36 Å². The molecule has 0 aliphatic carbocycles. The van der Waals surface area contributed by atoms with Crippen LogP contribution in [0.25, 0.3) is 0 Å². The highest BCUT2D eigenvalue weighted by atomic mass is 127. The highest BCUT2D eigenvalue weighted by Gasteiger charge is 2.34. The van der Waals surface area contributed by atoms with Crippen LogP contribution in [0, 0.1) is 3.57 Å². The molecule has 0 saturated heterocycles. The largest absolute Gasteiger partial charge is 0.513 e. The molecule has 0 saturated carbocycles. The van der Waals surface area contributed by atoms with Crippen molar-refractivity contribution in [2.75, 3.05) is 0 Å². The molecule has 3 aromatic carbocycles. The van der Waals surface area contributed by atoms with Crippen molar-refractivity contribution >= 4 is 52.2 Å². The zero-order valence-corrected chi connectivity index (χ0v) is 21.2. The lowest BCUT2D eigenvalue weighted by Gasteiger charge is -2.23. The topological polar surface area (TPSA) is 73.9 Å². The summed E-state index contributed by atoms with van der Waals surface area (Å²) in [6, 6.07) is 22.3. The fraction of sp³-hybridized carbons (Fsp3) is 0.136. The van der Waals surface area contributed by atoms with Crippen molar-refractivity contribution in [1.29, 1.82) is 0 Å². The van der Waals surface area contributed by atoms with Crippen LogP contribution in [-0.2, 0) is 20.7 Å². The minimum absolute atomic E-state index is 0.110. The molecule has 0 bridgehead atoms. The lowest BCUT2D eigenvalue weighted by molar-refractivity contribution is -0.146. The second-order valence-electron chi connectivity index (χ2n) is 6.51. The van der Waals surface area contributed by atoms with Crippen molar-refractivity contribution in [2.24, 2.45) is 0 Å². The number of carbonyl (C=O) groups excluding carboxylic acids is 1. The van der Waals surface area contributed by atoms with Crippen LogP contribution in [0.15, 0.2) is 83.3 Å². The van der Waals surface area contributed by atoms with Gasteiger partial charge in [-0.2, -0.15) is 5.09 Å². The molecule has 9 heteroatoms. The number of rotatable bonds is 9. The lowest BCUT2D eigenvalue weighted by atomic mass is 10.2. The summed E-state index contributed by atoms with van der Waals surface area (Å²) in [6.45, 7) is 1.65. The summed E-state index contributed by atoms with van der Waals surface area (Å²) in [5, 5.41) is 2.68. The molecule has 3 rings (SSSR count). The number of hydrogen-bond donors (Lipinski definition) is 1. The molecule has 3 aromatic rings. The van der Waals surface area contributed by atoms with Crippen LogP contribution < -0.4 is 14.1 Å². The fourth-order valence-electron chi connectivity index (χ4n) is 2.51. The van der Waals surface area contributed by atoms with E-state index in [0.717, 1.165) is 9.13 Å². The van der Waals surface area contributed by atoms with Gasteiger partial charge in [0.05, 0.1) is 4.47 Å². The number of para-hydroxylation sites is 1. The average Bonchev–Trinajstić information content (AvgIpc) is 2.75. The first-order valence-corrected chi connectivity index (χ1v) is 12.7. The van der Waals surface area contributed by atoms with Gasteiger partial charge in [0.15, 0.2) is 0 Å². The molecular formula is C22H20BrINO5P. The highest BCUT2D eigenvalue weighted by Crippen LogP contribution is 2.47. The molecule has 0 fully saturated rings. The van der Waals surface area contributed by atoms with Gasteiger partial charge >= 0.3 is 13.7 Å². The Balaban J connectivity index is 1.75. The molecule has 0 radical (unpaired) electrons. The summed E-state index contributed by atoms with van der Waals surface area (Å²) in [5.41, 5.74) is 0.853. The first kappa shape index (κ1) is 23.8. The maximum absolute atomic E-state index is 13.6. The summed E-state index contributed by atoms with van der Waals surface area (Å²) in [6.07, 6.45) is 0. The van der Waals surface area contributed by atoms with Crippen LogP contribution in [0.3, 0.4) is 0 Å². The standard InChI is InChI=1S/C22H20BrINO5P/c1-16(22(26)28-15-17-8-4-2-5-9-17)25-31(27,29-19-10-6-3-7-11-19)30-21-13-12-18(24)14-20(21)23/h2-14,16H,15H2,1H3,(H,25,27)/t16-,31?/m0/s1. The summed E-state index contributed by atoms with van der Waals surface area (Å²) < 4.78 is 31.9. The van der Waals surface area contributed by atoms with E-state index in [1.165, 1.54) is 0 Å².